The van der Waals surface area contributed by atoms with Gasteiger partial charge in [-0.3, -0.25) is 4.79 Å². The molecule has 3 aromatic heterocycles. The van der Waals surface area contributed by atoms with Crippen LogP contribution in [0.4, 0.5) is 5.69 Å². The molecule has 0 bridgehead atoms. The lowest BCUT2D eigenvalue weighted by atomic mass is 10.1. The molecule has 0 saturated heterocycles. The minimum Gasteiger partial charge on any atom is -0.322 e. The van der Waals surface area contributed by atoms with Crippen molar-refractivity contribution in [1.82, 2.24) is 9.38 Å². The number of hydrogen-bond acceptors (Lipinski definition) is 3. The zero-order valence-corrected chi connectivity index (χ0v) is 16.9. The molecule has 0 saturated carbocycles. The number of anilines is 1. The molecule has 0 unspecified atom stereocenters. The first kappa shape index (κ1) is 18.0. The van der Waals surface area contributed by atoms with Crippen molar-refractivity contribution in [2.75, 3.05) is 5.32 Å². The Morgan fingerprint density at radius 1 is 1.15 bits per heavy atom. The fraction of sp³-hybridized carbons (Fsp3) is 0.100. The van der Waals surface area contributed by atoms with Crippen LogP contribution in [0.2, 0.25) is 8.67 Å². The van der Waals surface area contributed by atoms with Gasteiger partial charge in [0.15, 0.2) is 0 Å². The molecule has 136 valence electrons. The zero-order valence-electron chi connectivity index (χ0n) is 14.6. The number of fused-ring (bicyclic) bond motifs is 1. The van der Waals surface area contributed by atoms with Crippen LogP contribution in [-0.2, 0) is 0 Å². The number of carbonyl (C=O) groups is 1. The molecule has 27 heavy (non-hydrogen) atoms. The summed E-state index contributed by atoms with van der Waals surface area (Å²) in [6.45, 7) is 3.98. The van der Waals surface area contributed by atoms with Gasteiger partial charge in [0.25, 0.3) is 5.91 Å². The van der Waals surface area contributed by atoms with E-state index in [0.29, 0.717) is 19.9 Å². The Morgan fingerprint density at radius 3 is 2.70 bits per heavy atom. The smallest absolute Gasteiger partial charge is 0.258 e. The molecule has 3 heterocycles. The molecule has 0 spiro atoms. The number of imidazole rings is 1. The van der Waals surface area contributed by atoms with Gasteiger partial charge in [-0.2, -0.15) is 0 Å². The van der Waals surface area contributed by atoms with Gasteiger partial charge in [0, 0.05) is 23.6 Å². The van der Waals surface area contributed by atoms with Crippen LogP contribution in [0.1, 0.15) is 21.5 Å². The summed E-state index contributed by atoms with van der Waals surface area (Å²) in [5.74, 6) is -0.283. The number of nitrogens with one attached hydrogen (secondary N) is 1. The molecule has 0 aliphatic rings. The first-order valence-corrected chi connectivity index (χ1v) is 9.80. The summed E-state index contributed by atoms with van der Waals surface area (Å²) < 4.78 is 2.84. The van der Waals surface area contributed by atoms with Crippen LogP contribution in [0.5, 0.6) is 0 Å². The van der Waals surface area contributed by atoms with Crippen LogP contribution in [0.25, 0.3) is 16.9 Å². The van der Waals surface area contributed by atoms with E-state index in [1.54, 1.807) is 6.07 Å². The number of rotatable bonds is 3. The van der Waals surface area contributed by atoms with Gasteiger partial charge in [0.2, 0.25) is 0 Å². The second kappa shape index (κ2) is 7.00. The van der Waals surface area contributed by atoms with Gasteiger partial charge in [-0.15, -0.1) is 11.3 Å². The SMILES string of the molecule is Cc1ccn2cc(-c3ccc(C)c(NC(=O)c4cc(Cl)sc4Cl)c3)nc2c1. The Balaban J connectivity index is 1.68. The summed E-state index contributed by atoms with van der Waals surface area (Å²) >= 11 is 13.2. The van der Waals surface area contributed by atoms with Gasteiger partial charge in [-0.05, 0) is 49.2 Å². The minimum absolute atomic E-state index is 0.283. The predicted molar refractivity (Wildman–Crippen MR) is 112 cm³/mol. The number of halogens is 2. The highest BCUT2D eigenvalue weighted by Crippen LogP contribution is 2.32. The van der Waals surface area contributed by atoms with Crippen molar-refractivity contribution in [1.29, 1.82) is 0 Å². The Kier molecular flexibility index (Phi) is 4.68. The second-order valence-electron chi connectivity index (χ2n) is 6.32. The van der Waals surface area contributed by atoms with E-state index in [2.05, 4.69) is 10.3 Å². The van der Waals surface area contributed by atoms with Crippen LogP contribution in [0.3, 0.4) is 0 Å². The zero-order chi connectivity index (χ0) is 19.1. The number of hydrogen-bond donors (Lipinski definition) is 1. The number of aromatic nitrogens is 2. The number of carbonyl (C=O) groups excluding carboxylic acids is 1. The van der Waals surface area contributed by atoms with E-state index in [1.807, 2.05) is 61.0 Å². The van der Waals surface area contributed by atoms with Crippen LogP contribution in [0, 0.1) is 13.8 Å². The normalized spacial score (nSPS) is 11.1. The van der Waals surface area contributed by atoms with Gasteiger partial charge < -0.3 is 9.72 Å². The molecular formula is C20H15Cl2N3OS. The third-order valence-corrected chi connectivity index (χ3v) is 5.79. The average Bonchev–Trinajstić information content (AvgIpc) is 3.19. The molecule has 0 atom stereocenters. The first-order valence-electron chi connectivity index (χ1n) is 8.23. The lowest BCUT2D eigenvalue weighted by Gasteiger charge is -2.09. The fourth-order valence-corrected chi connectivity index (χ4v) is 4.28. The van der Waals surface area contributed by atoms with Crippen LogP contribution < -0.4 is 5.32 Å². The highest BCUT2D eigenvalue weighted by atomic mass is 35.5. The lowest BCUT2D eigenvalue weighted by molar-refractivity contribution is 0.102. The van der Waals surface area contributed by atoms with Gasteiger partial charge >= 0.3 is 0 Å². The fourth-order valence-electron chi connectivity index (χ4n) is 2.82. The van der Waals surface area contributed by atoms with Crippen molar-refractivity contribution < 1.29 is 4.79 Å². The average molecular weight is 416 g/mol. The highest BCUT2D eigenvalue weighted by molar-refractivity contribution is 7.20. The highest BCUT2D eigenvalue weighted by Gasteiger charge is 2.16. The number of amides is 1. The van der Waals surface area contributed by atoms with E-state index < -0.39 is 0 Å². The van der Waals surface area contributed by atoms with Crippen molar-refractivity contribution in [3.63, 3.8) is 0 Å². The maximum absolute atomic E-state index is 12.6. The minimum atomic E-state index is -0.283. The Bertz CT molecular complexity index is 1180. The van der Waals surface area contributed by atoms with Crippen LogP contribution in [0.15, 0.2) is 48.8 Å². The molecule has 4 rings (SSSR count). The summed E-state index contributed by atoms with van der Waals surface area (Å²) in [5, 5.41) is 2.92. The predicted octanol–water partition coefficient (Wildman–Crippen LogP) is 6.24. The third kappa shape index (κ3) is 3.58. The Labute approximate surface area is 170 Å². The lowest BCUT2D eigenvalue weighted by Crippen LogP contribution is -2.12. The second-order valence-corrected chi connectivity index (χ2v) is 8.60. The van der Waals surface area contributed by atoms with Crippen molar-refractivity contribution in [2.45, 2.75) is 13.8 Å². The van der Waals surface area contributed by atoms with Gasteiger partial charge in [0.1, 0.15) is 9.98 Å². The number of nitrogens with zero attached hydrogens (tertiary/aromatic N) is 2. The van der Waals surface area contributed by atoms with E-state index in [4.69, 9.17) is 23.2 Å². The van der Waals surface area contributed by atoms with E-state index in [1.165, 1.54) is 11.3 Å². The molecule has 1 amide bonds. The van der Waals surface area contributed by atoms with E-state index in [-0.39, 0.29) is 5.91 Å². The summed E-state index contributed by atoms with van der Waals surface area (Å²) in [6.07, 6.45) is 3.96. The van der Waals surface area contributed by atoms with Crippen LogP contribution in [-0.4, -0.2) is 15.3 Å². The topological polar surface area (TPSA) is 46.4 Å². The Morgan fingerprint density at radius 2 is 1.96 bits per heavy atom. The summed E-state index contributed by atoms with van der Waals surface area (Å²) in [7, 11) is 0. The molecule has 1 aromatic carbocycles. The number of benzene rings is 1. The van der Waals surface area contributed by atoms with Gasteiger partial charge in [-0.1, -0.05) is 35.3 Å². The van der Waals surface area contributed by atoms with Crippen molar-refractivity contribution in [2.24, 2.45) is 0 Å². The molecule has 1 N–H and O–H groups in total. The molecule has 0 aliphatic carbocycles. The van der Waals surface area contributed by atoms with Crippen molar-refractivity contribution >= 4 is 51.8 Å². The number of pyridine rings is 1. The summed E-state index contributed by atoms with van der Waals surface area (Å²) in [6, 6.07) is 11.5. The van der Waals surface area contributed by atoms with Crippen molar-refractivity contribution in [3.8, 4) is 11.3 Å². The third-order valence-electron chi connectivity index (χ3n) is 4.30. The quantitative estimate of drug-likeness (QED) is 0.430. The number of thiophene rings is 1. The van der Waals surface area contributed by atoms with Gasteiger partial charge in [-0.25, -0.2) is 4.98 Å². The Hall–Kier alpha value is -2.34. The standard InChI is InChI=1S/C20H15Cl2N3OS/c1-11-5-6-25-10-16(23-18(25)7-11)13-4-3-12(2)15(8-13)24-20(26)14-9-17(21)27-19(14)22/h3-10H,1-2H3,(H,24,26). The van der Waals surface area contributed by atoms with E-state index >= 15 is 0 Å². The maximum Gasteiger partial charge on any atom is 0.258 e. The summed E-state index contributed by atoms with van der Waals surface area (Å²) in [5.41, 5.74) is 5.84. The molecule has 7 heteroatoms. The van der Waals surface area contributed by atoms with E-state index in [0.717, 1.165) is 28.0 Å². The molecule has 0 aliphatic heterocycles. The van der Waals surface area contributed by atoms with Crippen LogP contribution >= 0.6 is 34.5 Å². The van der Waals surface area contributed by atoms with Gasteiger partial charge in [0.05, 0.1) is 15.6 Å². The molecule has 4 aromatic rings. The number of aryl methyl sites for hydroxylation is 2. The molecular weight excluding hydrogens is 401 g/mol. The first-order chi connectivity index (χ1) is 12.9. The monoisotopic (exact) mass is 415 g/mol. The largest absolute Gasteiger partial charge is 0.322 e. The molecule has 0 fully saturated rings. The molecule has 4 nitrogen and oxygen atoms in total. The maximum atomic E-state index is 12.6. The van der Waals surface area contributed by atoms with Crippen molar-refractivity contribution in [3.05, 3.63) is 74.2 Å². The van der Waals surface area contributed by atoms with E-state index in [9.17, 15) is 4.79 Å². The summed E-state index contributed by atoms with van der Waals surface area (Å²) in [4.78, 5) is 17.2. The molecule has 0 radical (unpaired) electrons.